The molecule has 1 fully saturated rings. The maximum Gasteiger partial charge on any atom is 0.272 e. The largest absolute Gasteiger partial charge is 0.296 e. The van der Waals surface area contributed by atoms with Crippen molar-refractivity contribution >= 4 is 34.6 Å². The Bertz CT molecular complexity index is 1180. The Morgan fingerprint density at radius 2 is 1.93 bits per heavy atom. The summed E-state index contributed by atoms with van der Waals surface area (Å²) in [6, 6.07) is 13.1. The zero-order chi connectivity index (χ0) is 20.5. The van der Waals surface area contributed by atoms with Gasteiger partial charge in [-0.2, -0.15) is 0 Å². The van der Waals surface area contributed by atoms with Gasteiger partial charge in [-0.05, 0) is 25.1 Å². The maximum atomic E-state index is 14.2. The van der Waals surface area contributed by atoms with Crippen molar-refractivity contribution in [3.8, 4) is 0 Å². The van der Waals surface area contributed by atoms with E-state index < -0.39 is 17.1 Å². The second-order valence-electron chi connectivity index (χ2n) is 6.56. The van der Waals surface area contributed by atoms with Crippen molar-refractivity contribution < 1.29 is 14.0 Å². The number of aromatic nitrogens is 2. The third-order valence-corrected chi connectivity index (χ3v) is 5.80. The third-order valence-electron chi connectivity index (χ3n) is 4.60. The lowest BCUT2D eigenvalue weighted by molar-refractivity contribution is -0.139. The molecule has 4 rings (SSSR count). The molecule has 1 aliphatic rings. The molecule has 0 bridgehead atoms. The molecule has 9 heteroatoms. The van der Waals surface area contributed by atoms with Crippen LogP contribution in [-0.4, -0.2) is 32.1 Å². The number of para-hydroxylation sites is 2. The summed E-state index contributed by atoms with van der Waals surface area (Å²) in [4.78, 5) is 41.8. The van der Waals surface area contributed by atoms with Crippen molar-refractivity contribution in [3.05, 3.63) is 76.0 Å². The molecule has 1 aromatic heterocycles. The van der Waals surface area contributed by atoms with Crippen LogP contribution in [0.3, 0.4) is 0 Å². The fraction of sp³-hybridized carbons (Fsp3) is 0.200. The van der Waals surface area contributed by atoms with E-state index in [4.69, 9.17) is 0 Å². The number of hydrogen-bond acceptors (Lipinski definition) is 5. The molecule has 7 nitrogen and oxygen atoms in total. The van der Waals surface area contributed by atoms with Crippen LogP contribution in [0.2, 0.25) is 0 Å². The molecule has 0 radical (unpaired) electrons. The smallest absolute Gasteiger partial charge is 0.272 e. The van der Waals surface area contributed by atoms with Gasteiger partial charge >= 0.3 is 0 Å². The fourth-order valence-corrected chi connectivity index (χ4v) is 4.37. The number of carbonyl (C=O) groups excluding carboxylic acids is 2. The molecular formula is C20H17FN4O3S. The Hall–Kier alpha value is -3.20. The number of carbonyl (C=O) groups is 2. The highest BCUT2D eigenvalue weighted by molar-refractivity contribution is 8.00. The first-order valence-electron chi connectivity index (χ1n) is 8.89. The lowest BCUT2D eigenvalue weighted by atomic mass is 10.2. The molecule has 2 aromatic carbocycles. The molecule has 1 aliphatic heterocycles. The van der Waals surface area contributed by atoms with Crippen LogP contribution < -0.4 is 11.0 Å². The number of rotatable bonds is 4. The summed E-state index contributed by atoms with van der Waals surface area (Å²) in [5.74, 6) is -1.22. The minimum atomic E-state index is -0.666. The summed E-state index contributed by atoms with van der Waals surface area (Å²) in [5.41, 5.74) is 3.85. The van der Waals surface area contributed by atoms with Crippen molar-refractivity contribution in [1.82, 2.24) is 20.0 Å². The molecule has 1 atom stereocenters. The van der Waals surface area contributed by atoms with Gasteiger partial charge in [-0.3, -0.25) is 24.4 Å². The predicted octanol–water partition coefficient (Wildman–Crippen LogP) is 2.15. The minimum absolute atomic E-state index is 0.122. The van der Waals surface area contributed by atoms with Crippen LogP contribution in [0.1, 0.15) is 16.6 Å². The van der Waals surface area contributed by atoms with Gasteiger partial charge in [-0.1, -0.05) is 30.3 Å². The number of thioether (sulfide) groups is 1. The summed E-state index contributed by atoms with van der Waals surface area (Å²) in [6.07, 6.45) is 0. The average molecular weight is 412 g/mol. The lowest BCUT2D eigenvalue weighted by Gasteiger charge is -2.25. The molecular weight excluding hydrogens is 395 g/mol. The van der Waals surface area contributed by atoms with E-state index >= 15 is 0 Å². The molecule has 0 spiro atoms. The summed E-state index contributed by atoms with van der Waals surface area (Å²) in [7, 11) is 0. The van der Waals surface area contributed by atoms with Gasteiger partial charge in [0.1, 0.15) is 23.4 Å². The van der Waals surface area contributed by atoms with Crippen LogP contribution in [-0.2, 0) is 16.1 Å². The first-order chi connectivity index (χ1) is 14.0. The summed E-state index contributed by atoms with van der Waals surface area (Å²) in [6.45, 7) is 1.29. The molecule has 2 amide bonds. The van der Waals surface area contributed by atoms with Crippen LogP contribution in [0.5, 0.6) is 0 Å². The molecule has 1 saturated heterocycles. The number of hydrazine groups is 1. The molecule has 3 aromatic rings. The summed E-state index contributed by atoms with van der Waals surface area (Å²) >= 11 is 1.23. The van der Waals surface area contributed by atoms with Crippen LogP contribution in [0, 0.1) is 12.7 Å². The van der Waals surface area contributed by atoms with E-state index in [1.54, 1.807) is 49.4 Å². The Morgan fingerprint density at radius 1 is 1.21 bits per heavy atom. The Kier molecular flexibility index (Phi) is 5.06. The van der Waals surface area contributed by atoms with Gasteiger partial charge in [0, 0.05) is 5.56 Å². The molecule has 148 valence electrons. The zero-order valence-corrected chi connectivity index (χ0v) is 16.3. The highest BCUT2D eigenvalue weighted by Crippen LogP contribution is 2.38. The summed E-state index contributed by atoms with van der Waals surface area (Å²) < 4.78 is 15.5. The monoisotopic (exact) mass is 412 g/mol. The molecule has 0 saturated carbocycles. The van der Waals surface area contributed by atoms with Crippen LogP contribution >= 0.6 is 11.8 Å². The quantitative estimate of drug-likeness (QED) is 0.710. The number of fused-ring (bicyclic) bond motifs is 1. The van der Waals surface area contributed by atoms with E-state index in [0.29, 0.717) is 16.6 Å². The maximum absolute atomic E-state index is 14.2. The Balaban J connectivity index is 1.61. The predicted molar refractivity (Wildman–Crippen MR) is 107 cm³/mol. The van der Waals surface area contributed by atoms with Gasteiger partial charge in [0.05, 0.1) is 16.8 Å². The second kappa shape index (κ2) is 7.67. The molecule has 1 N–H and O–H groups in total. The van der Waals surface area contributed by atoms with Gasteiger partial charge in [0.15, 0.2) is 0 Å². The van der Waals surface area contributed by atoms with E-state index in [1.165, 1.54) is 22.4 Å². The van der Waals surface area contributed by atoms with Crippen molar-refractivity contribution in [1.29, 1.82) is 0 Å². The first kappa shape index (κ1) is 19.1. The van der Waals surface area contributed by atoms with Crippen LogP contribution in [0.15, 0.2) is 53.3 Å². The van der Waals surface area contributed by atoms with E-state index in [-0.39, 0.29) is 29.5 Å². The van der Waals surface area contributed by atoms with Crippen molar-refractivity contribution in [3.63, 3.8) is 0 Å². The molecule has 2 heterocycles. The van der Waals surface area contributed by atoms with Gasteiger partial charge in [-0.15, -0.1) is 11.8 Å². The van der Waals surface area contributed by atoms with E-state index in [9.17, 15) is 18.8 Å². The molecule has 1 unspecified atom stereocenters. The van der Waals surface area contributed by atoms with Crippen molar-refractivity contribution in [2.45, 2.75) is 18.8 Å². The van der Waals surface area contributed by atoms with Crippen molar-refractivity contribution in [2.24, 2.45) is 0 Å². The molecule has 0 aliphatic carbocycles. The standard InChI is InChI=1S/C20H17FN4O3S/c1-12-19(28)24(16-9-5-4-8-15(16)22-12)10-17(26)23-25-18(27)11-29-20(25)13-6-2-3-7-14(13)21/h2-9,20H,10-11H2,1H3,(H,23,26). The number of nitrogens with one attached hydrogen (secondary N) is 1. The normalized spacial score (nSPS) is 16.4. The van der Waals surface area contributed by atoms with Gasteiger partial charge in [0.25, 0.3) is 17.4 Å². The number of nitrogens with zero attached hydrogens (tertiary/aromatic N) is 3. The van der Waals surface area contributed by atoms with E-state index in [1.807, 2.05) is 0 Å². The number of hydrogen-bond donors (Lipinski definition) is 1. The number of benzene rings is 2. The van der Waals surface area contributed by atoms with Gasteiger partial charge < -0.3 is 0 Å². The lowest BCUT2D eigenvalue weighted by Crippen LogP contribution is -2.46. The summed E-state index contributed by atoms with van der Waals surface area (Å²) in [5, 5.41) is 0.465. The van der Waals surface area contributed by atoms with Gasteiger partial charge in [-0.25, -0.2) is 14.4 Å². The van der Waals surface area contributed by atoms with Crippen LogP contribution in [0.4, 0.5) is 4.39 Å². The Morgan fingerprint density at radius 3 is 2.72 bits per heavy atom. The minimum Gasteiger partial charge on any atom is -0.296 e. The van der Waals surface area contributed by atoms with Crippen molar-refractivity contribution in [2.75, 3.05) is 5.75 Å². The fourth-order valence-electron chi connectivity index (χ4n) is 3.24. The highest BCUT2D eigenvalue weighted by Gasteiger charge is 2.35. The number of halogens is 1. The molecule has 29 heavy (non-hydrogen) atoms. The van der Waals surface area contributed by atoms with Crippen LogP contribution in [0.25, 0.3) is 11.0 Å². The Labute approximate surface area is 169 Å². The SMILES string of the molecule is Cc1nc2ccccc2n(CC(=O)NN2C(=O)CSC2c2ccccc2F)c1=O. The zero-order valence-electron chi connectivity index (χ0n) is 15.5. The van der Waals surface area contributed by atoms with E-state index in [2.05, 4.69) is 10.4 Å². The van der Waals surface area contributed by atoms with E-state index in [0.717, 1.165) is 5.01 Å². The topological polar surface area (TPSA) is 84.3 Å². The number of aryl methyl sites for hydroxylation is 1. The second-order valence-corrected chi connectivity index (χ2v) is 7.63. The average Bonchev–Trinajstić information content (AvgIpc) is 3.06. The van der Waals surface area contributed by atoms with Gasteiger partial charge in [0.2, 0.25) is 0 Å². The number of amides is 2. The third kappa shape index (κ3) is 3.61. The first-order valence-corrected chi connectivity index (χ1v) is 9.94. The highest BCUT2D eigenvalue weighted by atomic mass is 32.2.